The topological polar surface area (TPSA) is 127 Å². The Balaban J connectivity index is 0.000000569. The summed E-state index contributed by atoms with van der Waals surface area (Å²) in [5.41, 5.74) is 0. The van der Waals surface area contributed by atoms with E-state index in [2.05, 4.69) is 9.80 Å². The van der Waals surface area contributed by atoms with Gasteiger partial charge >= 0.3 is 20.4 Å². The van der Waals surface area contributed by atoms with E-state index >= 15 is 0 Å². The standard InChI is InChI=1S/C15H26N2.2C2H4O2.H2O2.Pd/c1-3-7-16-11-13-9-12(14(16)5-1)10-17-8-4-2-6-15(13)17;2*1-2(3)4;1-2;/h12-15H,1-11H2;2*1H3,(H,3,4);1-2H;/q;;;;+2/p-2/t12-,13-,14-,15+;;;;/m0..../s1. The molecule has 9 heteroatoms. The van der Waals surface area contributed by atoms with Gasteiger partial charge in [-0.25, -0.2) is 0 Å². The number of carbonyl (C=O) groups is 2. The van der Waals surface area contributed by atoms with Gasteiger partial charge in [-0.2, -0.15) is 0 Å². The van der Waals surface area contributed by atoms with Crippen molar-refractivity contribution in [1.29, 1.82) is 0 Å². The number of piperidine rings is 4. The molecule has 0 aliphatic carbocycles. The fourth-order valence-electron chi connectivity index (χ4n) is 5.25. The van der Waals surface area contributed by atoms with Crippen molar-refractivity contribution in [2.45, 2.75) is 70.9 Å². The zero-order chi connectivity index (χ0) is 20.4. The summed E-state index contributed by atoms with van der Waals surface area (Å²) in [6.07, 6.45) is 10.5. The molecule has 0 spiro atoms. The van der Waals surface area contributed by atoms with Crippen molar-refractivity contribution in [3.63, 3.8) is 0 Å². The third-order valence-corrected chi connectivity index (χ3v) is 5.96. The van der Waals surface area contributed by atoms with E-state index in [0.717, 1.165) is 37.8 Å². The van der Waals surface area contributed by atoms with Gasteiger partial charge in [-0.1, -0.05) is 12.8 Å². The second kappa shape index (κ2) is 14.4. The van der Waals surface area contributed by atoms with E-state index in [-0.39, 0.29) is 20.4 Å². The summed E-state index contributed by atoms with van der Waals surface area (Å²) in [6, 6.07) is 1.92. The summed E-state index contributed by atoms with van der Waals surface area (Å²) in [5.74, 6) is -0.133. The van der Waals surface area contributed by atoms with E-state index in [9.17, 15) is 0 Å². The molecule has 0 unspecified atom stereocenters. The molecule has 28 heavy (non-hydrogen) atoms. The second-order valence-electron chi connectivity index (χ2n) is 7.86. The number of hydrogen-bond acceptors (Lipinski definition) is 8. The Kier molecular flexibility index (Phi) is 14.1. The Labute approximate surface area is 181 Å². The molecule has 0 aromatic rings. The van der Waals surface area contributed by atoms with E-state index in [4.69, 9.17) is 30.3 Å². The van der Waals surface area contributed by atoms with Crippen LogP contribution in [0.15, 0.2) is 0 Å². The average molecular weight is 493 g/mol. The van der Waals surface area contributed by atoms with Gasteiger partial charge in [0.15, 0.2) is 0 Å². The molecule has 0 amide bonds. The van der Waals surface area contributed by atoms with Crippen LogP contribution in [0.1, 0.15) is 58.8 Å². The first-order valence-corrected chi connectivity index (χ1v) is 9.91. The first-order chi connectivity index (χ1) is 12.9. The van der Waals surface area contributed by atoms with E-state index in [1.165, 1.54) is 64.7 Å². The molecule has 8 nitrogen and oxygen atoms in total. The van der Waals surface area contributed by atoms with Crippen molar-refractivity contribution < 1.29 is 50.7 Å². The molecule has 2 bridgehead atoms. The van der Waals surface area contributed by atoms with Crippen LogP contribution in [0.3, 0.4) is 0 Å². The number of aliphatic carboxylic acids is 2. The van der Waals surface area contributed by atoms with Crippen LogP contribution in [0.5, 0.6) is 0 Å². The largest absolute Gasteiger partial charge is 2.00 e. The first-order valence-electron chi connectivity index (χ1n) is 9.91. The zero-order valence-electron chi connectivity index (χ0n) is 16.8. The van der Waals surface area contributed by atoms with Gasteiger partial charge in [0.1, 0.15) is 0 Å². The van der Waals surface area contributed by atoms with Gasteiger partial charge < -0.3 is 19.8 Å². The molecule has 0 saturated carbocycles. The molecule has 2 N–H and O–H groups in total. The molecule has 4 rings (SSSR count). The molecule has 0 aromatic carbocycles. The van der Waals surface area contributed by atoms with Crippen LogP contribution in [-0.4, -0.2) is 70.5 Å². The van der Waals surface area contributed by atoms with Gasteiger partial charge in [0.2, 0.25) is 0 Å². The normalized spacial score (nSPS) is 30.7. The number of rotatable bonds is 0. The fraction of sp³-hybridized carbons (Fsp3) is 0.895. The van der Waals surface area contributed by atoms with E-state index in [1.807, 2.05) is 0 Å². The number of fused-ring (bicyclic) bond motifs is 6. The third-order valence-electron chi connectivity index (χ3n) is 5.96. The second-order valence-corrected chi connectivity index (χ2v) is 7.86. The molecule has 4 fully saturated rings. The van der Waals surface area contributed by atoms with E-state index in [1.54, 1.807) is 6.42 Å². The van der Waals surface area contributed by atoms with Gasteiger partial charge in [-0.15, -0.1) is 0 Å². The maximum absolute atomic E-state index is 8.89. The van der Waals surface area contributed by atoms with Crippen LogP contribution in [0.25, 0.3) is 0 Å². The Morgan fingerprint density at radius 2 is 1.11 bits per heavy atom. The van der Waals surface area contributed by atoms with Crippen molar-refractivity contribution >= 4 is 11.9 Å². The summed E-state index contributed by atoms with van der Waals surface area (Å²) in [5, 5.41) is 29.8. The summed E-state index contributed by atoms with van der Waals surface area (Å²) in [4.78, 5) is 23.5. The molecule has 4 heterocycles. The molecular formula is C19H34N2O6Pd. The number of carboxylic acid groups (broad SMARTS) is 2. The van der Waals surface area contributed by atoms with Crippen LogP contribution < -0.4 is 10.2 Å². The Morgan fingerprint density at radius 3 is 1.43 bits per heavy atom. The fourth-order valence-corrected chi connectivity index (χ4v) is 5.25. The van der Waals surface area contributed by atoms with Gasteiger partial charge in [0.25, 0.3) is 0 Å². The minimum absolute atomic E-state index is 0. The molecule has 4 saturated heterocycles. The summed E-state index contributed by atoms with van der Waals surface area (Å²) >= 11 is 0. The summed E-state index contributed by atoms with van der Waals surface area (Å²) < 4.78 is 0. The van der Waals surface area contributed by atoms with Crippen molar-refractivity contribution in [3.8, 4) is 0 Å². The first kappa shape index (κ1) is 27.4. The molecule has 0 aromatic heterocycles. The van der Waals surface area contributed by atoms with Gasteiger partial charge in [0, 0.05) is 37.1 Å². The monoisotopic (exact) mass is 492 g/mol. The molecule has 0 radical (unpaired) electrons. The molecular weight excluding hydrogens is 459 g/mol. The number of carboxylic acids is 2. The third kappa shape index (κ3) is 8.85. The number of nitrogens with zero attached hydrogens (tertiary/aromatic N) is 2. The zero-order valence-corrected chi connectivity index (χ0v) is 18.4. The van der Waals surface area contributed by atoms with Crippen molar-refractivity contribution in [1.82, 2.24) is 9.80 Å². The average Bonchev–Trinajstić information content (AvgIpc) is 2.63. The van der Waals surface area contributed by atoms with Gasteiger partial charge in [-0.3, -0.25) is 20.3 Å². The van der Waals surface area contributed by atoms with Crippen LogP contribution in [0.4, 0.5) is 0 Å². The predicted molar refractivity (Wildman–Crippen MR) is 96.6 cm³/mol. The number of hydrogen-bond donors (Lipinski definition) is 2. The molecule has 4 aliphatic heterocycles. The molecule has 4 aliphatic rings. The van der Waals surface area contributed by atoms with Crippen molar-refractivity contribution in [3.05, 3.63) is 0 Å². The Bertz CT molecular complexity index is 420. The SMILES string of the molecule is C1CCN2C[C@@H]3C[C@@H](CN4CCCC[C@@H]34)[C@H]2C1.CC(=O)[O-].CC(=O)[O-].OO.[Pd+2]. The van der Waals surface area contributed by atoms with Crippen LogP contribution in [0.2, 0.25) is 0 Å². The van der Waals surface area contributed by atoms with E-state index in [0.29, 0.717) is 0 Å². The molecule has 4 atom stereocenters. The van der Waals surface area contributed by atoms with Crippen LogP contribution in [-0.2, 0) is 30.0 Å². The predicted octanol–water partition coefficient (Wildman–Crippen LogP) is -0.128. The Morgan fingerprint density at radius 1 is 0.786 bits per heavy atom. The summed E-state index contributed by atoms with van der Waals surface area (Å²) in [6.45, 7) is 7.62. The van der Waals surface area contributed by atoms with E-state index < -0.39 is 11.9 Å². The van der Waals surface area contributed by atoms with Crippen molar-refractivity contribution in [2.24, 2.45) is 11.8 Å². The van der Waals surface area contributed by atoms with Gasteiger partial charge in [-0.05, 0) is 70.9 Å². The maximum atomic E-state index is 8.89. The summed E-state index contributed by atoms with van der Waals surface area (Å²) in [7, 11) is 0. The smallest absolute Gasteiger partial charge is 0.550 e. The van der Waals surface area contributed by atoms with Crippen LogP contribution >= 0.6 is 0 Å². The minimum Gasteiger partial charge on any atom is -0.550 e. The Hall–Kier alpha value is -0.558. The van der Waals surface area contributed by atoms with Crippen molar-refractivity contribution in [2.75, 3.05) is 26.2 Å². The number of carbonyl (C=O) groups excluding carboxylic acids is 2. The molecule has 166 valence electrons. The van der Waals surface area contributed by atoms with Crippen LogP contribution in [0, 0.1) is 11.8 Å². The maximum Gasteiger partial charge on any atom is 2.00 e. The minimum atomic E-state index is -1.08. The van der Waals surface area contributed by atoms with Gasteiger partial charge in [0.05, 0.1) is 0 Å². The quantitative estimate of drug-likeness (QED) is 0.272.